The molecule has 3 aromatic carbocycles. The van der Waals surface area contributed by atoms with Crippen molar-refractivity contribution in [2.75, 3.05) is 6.61 Å². The molecule has 0 fully saturated rings. The Morgan fingerprint density at radius 3 is 2.48 bits per heavy atom. The fourth-order valence-corrected chi connectivity index (χ4v) is 4.71. The van der Waals surface area contributed by atoms with E-state index in [4.69, 9.17) is 31.5 Å². The molecule has 0 atom stereocenters. The second-order valence-electron chi connectivity index (χ2n) is 10.6. The number of rotatable bonds is 9. The van der Waals surface area contributed by atoms with Crippen LogP contribution in [0, 0.1) is 0 Å². The quantitative estimate of drug-likeness (QED) is 0.158. The van der Waals surface area contributed by atoms with Crippen LogP contribution in [0.5, 0.6) is 17.2 Å². The summed E-state index contributed by atoms with van der Waals surface area (Å²) in [6, 6.07) is 17.2. The Bertz CT molecular complexity index is 1830. The van der Waals surface area contributed by atoms with Crippen LogP contribution in [0.4, 0.5) is 0 Å². The molecule has 0 aliphatic carbocycles. The van der Waals surface area contributed by atoms with E-state index in [1.54, 1.807) is 105 Å². The number of aromatic nitrogens is 2. The number of benzene rings is 3. The molecule has 1 amide bonds. The number of hydrogen-bond donors (Lipinski definition) is 1. The highest BCUT2D eigenvalue weighted by molar-refractivity contribution is 6.31. The van der Waals surface area contributed by atoms with Crippen molar-refractivity contribution >= 4 is 50.9 Å². The van der Waals surface area contributed by atoms with E-state index in [9.17, 15) is 14.4 Å². The van der Waals surface area contributed by atoms with Crippen molar-refractivity contribution in [2.24, 2.45) is 5.73 Å². The second-order valence-corrected chi connectivity index (χ2v) is 11.1. The third kappa shape index (κ3) is 6.53. The summed E-state index contributed by atoms with van der Waals surface area (Å²) in [4.78, 5) is 42.4. The van der Waals surface area contributed by atoms with E-state index in [-0.39, 0.29) is 30.2 Å². The summed E-state index contributed by atoms with van der Waals surface area (Å²) in [6.45, 7) is 4.85. The summed E-state index contributed by atoms with van der Waals surface area (Å²) >= 11 is 6.09. The molecule has 42 heavy (non-hydrogen) atoms. The molecule has 0 saturated heterocycles. The number of amides is 1. The average molecular weight is 586 g/mol. The lowest BCUT2D eigenvalue weighted by atomic mass is 10.1. The fraction of sp³-hybridized carbons (Fsp3) is 0.188. The van der Waals surface area contributed by atoms with Crippen LogP contribution < -0.4 is 15.2 Å². The minimum absolute atomic E-state index is 0.127. The van der Waals surface area contributed by atoms with Crippen LogP contribution in [0.1, 0.15) is 41.5 Å². The average Bonchev–Trinajstić information content (AvgIpc) is 3.28. The molecule has 2 aromatic heterocycles. The summed E-state index contributed by atoms with van der Waals surface area (Å²) in [5.74, 6) is -0.317. The number of fused-ring (bicyclic) bond motifs is 2. The van der Waals surface area contributed by atoms with Crippen LogP contribution >= 0.6 is 11.6 Å². The number of primary amides is 1. The summed E-state index contributed by atoms with van der Waals surface area (Å²) in [5.41, 5.74) is 5.97. The van der Waals surface area contributed by atoms with E-state index < -0.39 is 17.5 Å². The predicted molar refractivity (Wildman–Crippen MR) is 159 cm³/mol. The number of ketones is 1. The molecule has 5 rings (SSSR count). The minimum Gasteiger partial charge on any atom is -0.485 e. The SMILES string of the molecule is CC(C)(C)OC(=O)Cn1cc(C(=O)COc2cc3ccc(Cl)cc3cc2C(N)=O)c2ccc(Oc3cccnc3)cc21. The van der Waals surface area contributed by atoms with E-state index in [1.165, 1.54) is 0 Å². The molecular weight excluding hydrogens is 558 g/mol. The van der Waals surface area contributed by atoms with Gasteiger partial charge in [0.25, 0.3) is 5.91 Å². The first kappa shape index (κ1) is 28.6. The van der Waals surface area contributed by atoms with Gasteiger partial charge in [0, 0.05) is 34.4 Å². The number of hydrogen-bond acceptors (Lipinski definition) is 7. The number of ether oxygens (including phenoxy) is 3. The number of halogens is 1. The number of esters is 1. The van der Waals surface area contributed by atoms with Gasteiger partial charge >= 0.3 is 5.97 Å². The van der Waals surface area contributed by atoms with Crippen LogP contribution in [-0.4, -0.2) is 39.4 Å². The standard InChI is InChI=1S/C32H28ClN3O6/c1-32(2,3)42-30(38)17-36-16-26(24-9-8-22(14-27(24)36)41-23-5-4-10-35-15-23)28(37)18-40-29-13-19-6-7-21(33)11-20(19)12-25(29)31(34)39/h4-16H,17-18H2,1-3H3,(H2,34,39). The van der Waals surface area contributed by atoms with Crippen LogP contribution in [0.25, 0.3) is 21.7 Å². The third-order valence-corrected chi connectivity index (χ3v) is 6.50. The van der Waals surface area contributed by atoms with Crippen molar-refractivity contribution < 1.29 is 28.6 Å². The molecule has 0 bridgehead atoms. The Morgan fingerprint density at radius 2 is 1.76 bits per heavy atom. The van der Waals surface area contributed by atoms with Crippen LogP contribution in [0.2, 0.25) is 5.02 Å². The van der Waals surface area contributed by atoms with Crippen LogP contribution in [0.15, 0.2) is 79.3 Å². The maximum Gasteiger partial charge on any atom is 0.326 e. The van der Waals surface area contributed by atoms with Crippen molar-refractivity contribution in [3.05, 3.63) is 95.4 Å². The van der Waals surface area contributed by atoms with Crippen molar-refractivity contribution in [3.63, 3.8) is 0 Å². The molecule has 0 radical (unpaired) electrons. The molecule has 0 saturated carbocycles. The van der Waals surface area contributed by atoms with E-state index in [1.807, 2.05) is 0 Å². The Labute approximate surface area is 246 Å². The number of nitrogens with two attached hydrogens (primary N) is 1. The lowest BCUT2D eigenvalue weighted by molar-refractivity contribution is -0.155. The monoisotopic (exact) mass is 585 g/mol. The molecule has 2 N–H and O–H groups in total. The summed E-state index contributed by atoms with van der Waals surface area (Å²) < 4.78 is 18.9. The fourth-order valence-electron chi connectivity index (χ4n) is 4.53. The molecule has 0 unspecified atom stereocenters. The van der Waals surface area contributed by atoms with Crippen molar-refractivity contribution in [1.82, 2.24) is 9.55 Å². The number of nitrogens with zero attached hydrogens (tertiary/aromatic N) is 2. The molecule has 214 valence electrons. The zero-order valence-corrected chi connectivity index (χ0v) is 24.0. The largest absolute Gasteiger partial charge is 0.485 e. The van der Waals surface area contributed by atoms with Gasteiger partial charge in [0.1, 0.15) is 29.4 Å². The van der Waals surface area contributed by atoms with Crippen molar-refractivity contribution in [3.8, 4) is 17.2 Å². The normalized spacial score (nSPS) is 11.4. The van der Waals surface area contributed by atoms with E-state index in [0.29, 0.717) is 38.4 Å². The number of carbonyl (C=O) groups excluding carboxylic acids is 3. The van der Waals surface area contributed by atoms with Gasteiger partial charge in [-0.15, -0.1) is 0 Å². The van der Waals surface area contributed by atoms with Gasteiger partial charge in [-0.1, -0.05) is 17.7 Å². The minimum atomic E-state index is -0.700. The maximum absolute atomic E-state index is 13.5. The predicted octanol–water partition coefficient (Wildman–Crippen LogP) is 6.34. The van der Waals surface area contributed by atoms with Gasteiger partial charge in [0.15, 0.2) is 6.61 Å². The summed E-state index contributed by atoms with van der Waals surface area (Å²) in [6.07, 6.45) is 4.81. The Kier molecular flexibility index (Phi) is 7.87. The third-order valence-electron chi connectivity index (χ3n) is 6.27. The smallest absolute Gasteiger partial charge is 0.326 e. The second kappa shape index (κ2) is 11.5. The molecule has 2 heterocycles. The van der Waals surface area contributed by atoms with Crippen LogP contribution in [-0.2, 0) is 16.1 Å². The molecular formula is C32H28ClN3O6. The zero-order valence-electron chi connectivity index (χ0n) is 23.2. The highest BCUT2D eigenvalue weighted by atomic mass is 35.5. The lowest BCUT2D eigenvalue weighted by Crippen LogP contribution is -2.26. The number of pyridine rings is 1. The molecule has 0 aliphatic rings. The summed E-state index contributed by atoms with van der Waals surface area (Å²) in [5, 5.41) is 2.58. The highest BCUT2D eigenvalue weighted by Gasteiger charge is 2.22. The first-order valence-electron chi connectivity index (χ1n) is 13.1. The van der Waals surface area contributed by atoms with Gasteiger partial charge in [-0.25, -0.2) is 0 Å². The maximum atomic E-state index is 13.5. The molecule has 0 spiro atoms. The highest BCUT2D eigenvalue weighted by Crippen LogP contribution is 2.31. The molecule has 10 heteroatoms. The Balaban J connectivity index is 1.46. The number of Topliss-reactive ketones (excluding diaryl/α,β-unsaturated/α-hetero) is 1. The summed E-state index contributed by atoms with van der Waals surface area (Å²) in [7, 11) is 0. The van der Waals surface area contributed by atoms with Gasteiger partial charge in [0.2, 0.25) is 5.78 Å². The molecule has 0 aliphatic heterocycles. The van der Waals surface area contributed by atoms with Gasteiger partial charge in [0.05, 0.1) is 17.3 Å². The lowest BCUT2D eigenvalue weighted by Gasteiger charge is -2.19. The first-order chi connectivity index (χ1) is 20.0. The van der Waals surface area contributed by atoms with E-state index in [0.717, 1.165) is 5.39 Å². The van der Waals surface area contributed by atoms with Gasteiger partial charge in [-0.05, 0) is 80.1 Å². The van der Waals surface area contributed by atoms with Crippen molar-refractivity contribution in [1.29, 1.82) is 0 Å². The zero-order chi connectivity index (χ0) is 30.0. The molecule has 5 aromatic rings. The Hall–Kier alpha value is -4.89. The number of carbonyl (C=O) groups is 3. The van der Waals surface area contributed by atoms with E-state index >= 15 is 0 Å². The van der Waals surface area contributed by atoms with Gasteiger partial charge in [-0.2, -0.15) is 0 Å². The first-order valence-corrected chi connectivity index (χ1v) is 13.5. The molecule has 9 nitrogen and oxygen atoms in total. The van der Waals surface area contributed by atoms with Crippen LogP contribution in [0.3, 0.4) is 0 Å². The van der Waals surface area contributed by atoms with Crippen molar-refractivity contribution in [2.45, 2.75) is 32.9 Å². The van der Waals surface area contributed by atoms with E-state index in [2.05, 4.69) is 4.98 Å². The van der Waals surface area contributed by atoms with Gasteiger partial charge in [-0.3, -0.25) is 19.4 Å². The van der Waals surface area contributed by atoms with Gasteiger partial charge < -0.3 is 24.5 Å². The Morgan fingerprint density at radius 1 is 0.952 bits per heavy atom. The topological polar surface area (TPSA) is 123 Å².